The number of oxazole rings is 1. The van der Waals surface area contributed by atoms with Gasteiger partial charge in [0, 0.05) is 16.8 Å². The maximum Gasteiger partial charge on any atom is 0.420 e. The summed E-state index contributed by atoms with van der Waals surface area (Å²) in [7, 11) is 1.50. The number of carbonyl (C=O) groups is 1. The van der Waals surface area contributed by atoms with Crippen LogP contribution < -0.4 is 15.8 Å². The third-order valence-corrected chi connectivity index (χ3v) is 3.90. The van der Waals surface area contributed by atoms with Gasteiger partial charge < -0.3 is 14.5 Å². The van der Waals surface area contributed by atoms with E-state index in [1.165, 1.54) is 17.7 Å². The molecule has 0 aliphatic carbocycles. The van der Waals surface area contributed by atoms with E-state index in [0.717, 1.165) is 0 Å². The maximum absolute atomic E-state index is 12.2. The lowest BCUT2D eigenvalue weighted by Crippen LogP contribution is -2.24. The van der Waals surface area contributed by atoms with Crippen LogP contribution in [0.15, 0.2) is 45.6 Å². The fraction of sp³-hybridized carbons (Fsp3) is 0.125. The van der Waals surface area contributed by atoms with Gasteiger partial charge in [0.2, 0.25) is 5.91 Å². The highest BCUT2D eigenvalue weighted by atomic mass is 35.5. The van der Waals surface area contributed by atoms with Crippen LogP contribution in [-0.2, 0) is 11.3 Å². The molecule has 6 nitrogen and oxygen atoms in total. The number of anilines is 1. The van der Waals surface area contributed by atoms with E-state index >= 15 is 0 Å². The Morgan fingerprint density at radius 3 is 2.75 bits per heavy atom. The van der Waals surface area contributed by atoms with Gasteiger partial charge in [-0.15, -0.1) is 0 Å². The van der Waals surface area contributed by atoms with Gasteiger partial charge in [-0.25, -0.2) is 4.79 Å². The zero-order chi connectivity index (χ0) is 17.3. The van der Waals surface area contributed by atoms with Crippen LogP contribution in [0.1, 0.15) is 0 Å². The molecule has 1 N–H and O–H groups in total. The van der Waals surface area contributed by atoms with Crippen molar-refractivity contribution in [3.05, 3.63) is 57.0 Å². The number of ether oxygens (including phenoxy) is 1. The zero-order valence-electron chi connectivity index (χ0n) is 12.5. The van der Waals surface area contributed by atoms with E-state index in [9.17, 15) is 9.59 Å². The van der Waals surface area contributed by atoms with Gasteiger partial charge in [-0.2, -0.15) is 0 Å². The molecule has 24 heavy (non-hydrogen) atoms. The first-order valence-corrected chi connectivity index (χ1v) is 7.66. The predicted molar refractivity (Wildman–Crippen MR) is 92.1 cm³/mol. The molecule has 3 rings (SSSR count). The third-order valence-electron chi connectivity index (χ3n) is 3.37. The van der Waals surface area contributed by atoms with Crippen molar-refractivity contribution in [3.8, 4) is 5.75 Å². The monoisotopic (exact) mass is 366 g/mol. The number of methoxy groups -OCH3 is 1. The summed E-state index contributed by atoms with van der Waals surface area (Å²) in [6.45, 7) is -0.197. The molecule has 0 fully saturated rings. The van der Waals surface area contributed by atoms with E-state index in [1.807, 2.05) is 0 Å². The molecule has 3 aromatic rings. The molecule has 1 aromatic heterocycles. The Morgan fingerprint density at radius 2 is 2.04 bits per heavy atom. The normalized spacial score (nSPS) is 10.8. The molecule has 2 aromatic carbocycles. The van der Waals surface area contributed by atoms with Crippen LogP contribution in [0.4, 0.5) is 5.69 Å². The van der Waals surface area contributed by atoms with Crippen molar-refractivity contribution in [2.24, 2.45) is 0 Å². The first-order valence-electron chi connectivity index (χ1n) is 6.90. The van der Waals surface area contributed by atoms with Crippen LogP contribution >= 0.6 is 23.2 Å². The Morgan fingerprint density at radius 1 is 1.25 bits per heavy atom. The summed E-state index contributed by atoms with van der Waals surface area (Å²) in [5.74, 6) is -0.519. The quantitative estimate of drug-likeness (QED) is 0.766. The van der Waals surface area contributed by atoms with Gasteiger partial charge in [0.15, 0.2) is 5.58 Å². The second kappa shape index (κ2) is 6.59. The smallest absolute Gasteiger partial charge is 0.420 e. The number of rotatable bonds is 4. The molecule has 0 aliphatic heterocycles. The number of aromatic nitrogens is 1. The Hall–Kier alpha value is -2.44. The number of halogens is 2. The Kier molecular flexibility index (Phi) is 4.51. The first kappa shape index (κ1) is 16.4. The molecule has 0 bridgehead atoms. The van der Waals surface area contributed by atoms with Crippen LogP contribution in [0.5, 0.6) is 5.75 Å². The SMILES string of the molecule is COc1ccc(NC(=O)Cn2c(=O)oc3cc(Cl)ccc32)cc1Cl. The van der Waals surface area contributed by atoms with Gasteiger partial charge in [0.05, 0.1) is 17.6 Å². The number of benzene rings is 2. The summed E-state index contributed by atoms with van der Waals surface area (Å²) >= 11 is 11.9. The van der Waals surface area contributed by atoms with Crippen LogP contribution in [0, 0.1) is 0 Å². The number of hydrogen-bond donors (Lipinski definition) is 1. The summed E-state index contributed by atoms with van der Waals surface area (Å²) in [6.07, 6.45) is 0. The molecule has 8 heteroatoms. The summed E-state index contributed by atoms with van der Waals surface area (Å²) in [5.41, 5.74) is 1.31. The van der Waals surface area contributed by atoms with Crippen LogP contribution in [0.3, 0.4) is 0 Å². The van der Waals surface area contributed by atoms with E-state index in [2.05, 4.69) is 5.32 Å². The first-order chi connectivity index (χ1) is 11.5. The molecule has 0 spiro atoms. The molecule has 0 saturated heterocycles. The lowest BCUT2D eigenvalue weighted by Gasteiger charge is -2.08. The largest absolute Gasteiger partial charge is 0.495 e. The second-order valence-electron chi connectivity index (χ2n) is 4.96. The summed E-state index contributed by atoms with van der Waals surface area (Å²) < 4.78 is 11.4. The average Bonchev–Trinajstić information content (AvgIpc) is 2.82. The minimum absolute atomic E-state index is 0.197. The number of hydrogen-bond acceptors (Lipinski definition) is 4. The number of fused-ring (bicyclic) bond motifs is 1. The molecular formula is C16H12Cl2N2O4. The van der Waals surface area contributed by atoms with E-state index < -0.39 is 11.7 Å². The molecule has 1 amide bonds. The van der Waals surface area contributed by atoms with Gasteiger partial charge in [-0.1, -0.05) is 23.2 Å². The molecule has 0 radical (unpaired) electrons. The average molecular weight is 367 g/mol. The molecule has 0 saturated carbocycles. The second-order valence-corrected chi connectivity index (χ2v) is 5.81. The van der Waals surface area contributed by atoms with Crippen molar-refractivity contribution in [1.29, 1.82) is 0 Å². The fourth-order valence-corrected chi connectivity index (χ4v) is 2.70. The number of carbonyl (C=O) groups excluding carboxylic acids is 1. The van der Waals surface area contributed by atoms with E-state index in [0.29, 0.717) is 32.6 Å². The highest BCUT2D eigenvalue weighted by molar-refractivity contribution is 6.32. The molecule has 0 aliphatic rings. The van der Waals surface area contributed by atoms with Gasteiger partial charge in [-0.3, -0.25) is 9.36 Å². The minimum Gasteiger partial charge on any atom is -0.495 e. The van der Waals surface area contributed by atoms with E-state index in [1.54, 1.807) is 30.3 Å². The molecule has 1 heterocycles. The lowest BCUT2D eigenvalue weighted by atomic mass is 10.3. The molecule has 0 atom stereocenters. The molecule has 0 unspecified atom stereocenters. The van der Waals surface area contributed by atoms with Crippen molar-refractivity contribution >= 4 is 45.9 Å². The van der Waals surface area contributed by atoms with Gasteiger partial charge >= 0.3 is 5.76 Å². The van der Waals surface area contributed by atoms with Crippen molar-refractivity contribution < 1.29 is 13.9 Å². The van der Waals surface area contributed by atoms with Gasteiger partial charge in [-0.05, 0) is 30.3 Å². The maximum atomic E-state index is 12.2. The topological polar surface area (TPSA) is 73.5 Å². The lowest BCUT2D eigenvalue weighted by molar-refractivity contribution is -0.116. The Bertz CT molecular complexity index is 978. The number of nitrogens with one attached hydrogen (secondary N) is 1. The fourth-order valence-electron chi connectivity index (χ4n) is 2.28. The van der Waals surface area contributed by atoms with Gasteiger partial charge in [0.25, 0.3) is 0 Å². The highest BCUT2D eigenvalue weighted by Gasteiger charge is 2.13. The van der Waals surface area contributed by atoms with Crippen LogP contribution in [0.25, 0.3) is 11.1 Å². The number of amides is 1. The summed E-state index contributed by atoms with van der Waals surface area (Å²) in [5, 5.41) is 3.49. The minimum atomic E-state index is -0.629. The van der Waals surface area contributed by atoms with Crippen molar-refractivity contribution in [1.82, 2.24) is 4.57 Å². The third kappa shape index (κ3) is 3.25. The summed E-state index contributed by atoms with van der Waals surface area (Å²) in [6, 6.07) is 9.62. The van der Waals surface area contributed by atoms with Crippen molar-refractivity contribution in [2.45, 2.75) is 6.54 Å². The van der Waals surface area contributed by atoms with E-state index in [-0.39, 0.29) is 6.54 Å². The molecule has 124 valence electrons. The highest BCUT2D eigenvalue weighted by Crippen LogP contribution is 2.27. The zero-order valence-corrected chi connectivity index (χ0v) is 14.0. The Labute approximate surface area is 146 Å². The van der Waals surface area contributed by atoms with Crippen molar-refractivity contribution in [3.63, 3.8) is 0 Å². The standard InChI is InChI=1S/C16H12Cl2N2O4/c1-23-13-5-3-10(7-11(13)18)19-15(21)8-20-12-4-2-9(17)6-14(12)24-16(20)22/h2-7H,8H2,1H3,(H,19,21). The van der Waals surface area contributed by atoms with Crippen LogP contribution in [-0.4, -0.2) is 17.6 Å². The van der Waals surface area contributed by atoms with Gasteiger partial charge in [0.1, 0.15) is 12.3 Å². The van der Waals surface area contributed by atoms with Crippen molar-refractivity contribution in [2.75, 3.05) is 12.4 Å². The number of nitrogens with zero attached hydrogens (tertiary/aromatic N) is 1. The van der Waals surface area contributed by atoms with E-state index in [4.69, 9.17) is 32.4 Å². The predicted octanol–water partition coefficient (Wildman–Crippen LogP) is 3.55. The Balaban J connectivity index is 1.81. The summed E-state index contributed by atoms with van der Waals surface area (Å²) in [4.78, 5) is 24.1. The molecular weight excluding hydrogens is 355 g/mol. The van der Waals surface area contributed by atoms with Crippen LogP contribution in [0.2, 0.25) is 10.0 Å².